The molecule has 1 unspecified atom stereocenters. The summed E-state index contributed by atoms with van der Waals surface area (Å²) in [5.74, 6) is -0.810. The molecule has 0 bridgehead atoms. The number of carbonyl (C=O) groups is 2. The first kappa shape index (κ1) is 18.0. The van der Waals surface area contributed by atoms with Gasteiger partial charge in [0.1, 0.15) is 6.04 Å². The first-order valence-corrected chi connectivity index (χ1v) is 7.79. The van der Waals surface area contributed by atoms with Gasteiger partial charge in [0, 0.05) is 12.1 Å². The quantitative estimate of drug-likeness (QED) is 0.815. The van der Waals surface area contributed by atoms with Gasteiger partial charge in [-0.1, -0.05) is 41.9 Å². The number of methoxy groups -OCH3 is 1. The number of aryl methyl sites for hydroxylation is 1. The predicted molar refractivity (Wildman–Crippen MR) is 94.3 cm³/mol. The van der Waals surface area contributed by atoms with Crippen LogP contribution in [0, 0.1) is 6.92 Å². The number of anilines is 1. The van der Waals surface area contributed by atoms with E-state index in [1.807, 2.05) is 19.1 Å². The van der Waals surface area contributed by atoms with Crippen molar-refractivity contribution in [3.05, 3.63) is 64.2 Å². The molecule has 0 spiro atoms. The molecule has 0 radical (unpaired) electrons. The minimum atomic E-state index is -0.796. The number of carbonyl (C=O) groups excluding carboxylic acids is 2. The zero-order valence-corrected chi connectivity index (χ0v) is 14.3. The summed E-state index contributed by atoms with van der Waals surface area (Å²) in [6, 6.07) is 11.6. The maximum Gasteiger partial charge on any atom is 0.322 e. The number of rotatable bonds is 5. The summed E-state index contributed by atoms with van der Waals surface area (Å²) in [5, 5.41) is 3.23. The van der Waals surface area contributed by atoms with Crippen molar-refractivity contribution in [3.8, 4) is 0 Å². The SMILES string of the molecule is COC(=O)C(N)Cc1ccccc1NC(=O)c1c(C)cccc1Cl. The lowest BCUT2D eigenvalue weighted by Crippen LogP contribution is -2.34. The third-order valence-corrected chi connectivity index (χ3v) is 3.97. The summed E-state index contributed by atoms with van der Waals surface area (Å²) >= 11 is 6.13. The van der Waals surface area contributed by atoms with Crippen LogP contribution in [-0.4, -0.2) is 25.0 Å². The zero-order valence-electron chi connectivity index (χ0n) is 13.5. The van der Waals surface area contributed by atoms with Gasteiger partial charge in [-0.05, 0) is 30.2 Å². The van der Waals surface area contributed by atoms with E-state index in [-0.39, 0.29) is 12.3 Å². The number of hydrogen-bond donors (Lipinski definition) is 2. The average molecular weight is 347 g/mol. The largest absolute Gasteiger partial charge is 0.468 e. The predicted octanol–water partition coefficient (Wildman–Crippen LogP) is 2.94. The van der Waals surface area contributed by atoms with Crippen LogP contribution in [0.15, 0.2) is 42.5 Å². The Morgan fingerprint density at radius 2 is 1.92 bits per heavy atom. The number of benzene rings is 2. The van der Waals surface area contributed by atoms with Crippen molar-refractivity contribution in [1.29, 1.82) is 0 Å². The number of esters is 1. The van der Waals surface area contributed by atoms with E-state index >= 15 is 0 Å². The lowest BCUT2D eigenvalue weighted by atomic mass is 10.0. The Bertz CT molecular complexity index is 741. The van der Waals surface area contributed by atoms with E-state index in [1.165, 1.54) is 7.11 Å². The molecule has 5 nitrogen and oxygen atoms in total. The van der Waals surface area contributed by atoms with Gasteiger partial charge in [0.25, 0.3) is 5.91 Å². The second-order valence-electron chi connectivity index (χ2n) is 5.38. The van der Waals surface area contributed by atoms with Crippen LogP contribution in [0.5, 0.6) is 0 Å². The molecular formula is C18H19ClN2O3. The van der Waals surface area contributed by atoms with Gasteiger partial charge in [0.05, 0.1) is 17.7 Å². The van der Waals surface area contributed by atoms with Gasteiger partial charge in [-0.3, -0.25) is 9.59 Å². The minimum Gasteiger partial charge on any atom is -0.468 e. The Morgan fingerprint density at radius 3 is 2.58 bits per heavy atom. The van der Waals surface area contributed by atoms with Crippen LogP contribution in [0.4, 0.5) is 5.69 Å². The highest BCUT2D eigenvalue weighted by atomic mass is 35.5. The molecule has 1 amide bonds. The fourth-order valence-electron chi connectivity index (χ4n) is 2.40. The Labute approximate surface area is 145 Å². The molecule has 3 N–H and O–H groups in total. The Hall–Kier alpha value is -2.37. The lowest BCUT2D eigenvalue weighted by Gasteiger charge is -2.15. The number of para-hydroxylation sites is 1. The molecule has 0 aliphatic carbocycles. The molecule has 0 aliphatic heterocycles. The van der Waals surface area contributed by atoms with Crippen molar-refractivity contribution in [2.45, 2.75) is 19.4 Å². The van der Waals surface area contributed by atoms with Crippen molar-refractivity contribution in [3.63, 3.8) is 0 Å². The van der Waals surface area contributed by atoms with Crippen molar-refractivity contribution in [2.24, 2.45) is 5.73 Å². The maximum absolute atomic E-state index is 12.6. The molecule has 1 atom stereocenters. The second kappa shape index (κ2) is 7.95. The summed E-state index contributed by atoms with van der Waals surface area (Å²) in [4.78, 5) is 24.1. The third-order valence-electron chi connectivity index (χ3n) is 3.66. The molecule has 126 valence electrons. The fraction of sp³-hybridized carbons (Fsp3) is 0.222. The van der Waals surface area contributed by atoms with Crippen LogP contribution < -0.4 is 11.1 Å². The van der Waals surface area contributed by atoms with Crippen molar-refractivity contribution in [2.75, 3.05) is 12.4 Å². The smallest absolute Gasteiger partial charge is 0.322 e. The number of hydrogen-bond acceptors (Lipinski definition) is 4. The fourth-order valence-corrected chi connectivity index (χ4v) is 2.70. The van der Waals surface area contributed by atoms with Crippen LogP contribution >= 0.6 is 11.6 Å². The third kappa shape index (κ3) is 4.13. The summed E-state index contributed by atoms with van der Waals surface area (Å²) in [6.07, 6.45) is 0.255. The molecular weight excluding hydrogens is 328 g/mol. The maximum atomic E-state index is 12.6. The number of nitrogens with one attached hydrogen (secondary N) is 1. The summed E-state index contributed by atoms with van der Waals surface area (Å²) in [6.45, 7) is 1.82. The lowest BCUT2D eigenvalue weighted by molar-refractivity contribution is -0.142. The van der Waals surface area contributed by atoms with E-state index in [0.29, 0.717) is 16.3 Å². The molecule has 2 rings (SSSR count). The molecule has 24 heavy (non-hydrogen) atoms. The van der Waals surface area contributed by atoms with Crippen molar-refractivity contribution < 1.29 is 14.3 Å². The average Bonchev–Trinajstić information content (AvgIpc) is 2.55. The number of nitrogens with two attached hydrogens (primary N) is 1. The zero-order chi connectivity index (χ0) is 17.7. The summed E-state index contributed by atoms with van der Waals surface area (Å²) < 4.78 is 4.64. The highest BCUT2D eigenvalue weighted by molar-refractivity contribution is 6.34. The van der Waals surface area contributed by atoms with Gasteiger partial charge < -0.3 is 15.8 Å². The van der Waals surface area contributed by atoms with Crippen molar-refractivity contribution in [1.82, 2.24) is 0 Å². The molecule has 6 heteroatoms. The number of halogens is 1. The molecule has 2 aromatic carbocycles. The number of ether oxygens (including phenoxy) is 1. The van der Waals surface area contributed by atoms with Crippen LogP contribution in [0.3, 0.4) is 0 Å². The highest BCUT2D eigenvalue weighted by Crippen LogP contribution is 2.23. The van der Waals surface area contributed by atoms with Crippen LogP contribution in [0.25, 0.3) is 0 Å². The van der Waals surface area contributed by atoms with E-state index in [0.717, 1.165) is 11.1 Å². The molecule has 0 aromatic heterocycles. The van der Waals surface area contributed by atoms with Crippen LogP contribution in [0.1, 0.15) is 21.5 Å². The standard InChI is InChI=1S/C18H19ClN2O3/c1-11-6-5-8-13(19)16(11)17(22)21-15-9-4-3-7-12(15)10-14(20)18(23)24-2/h3-9,14H,10,20H2,1-2H3,(H,21,22). The first-order chi connectivity index (χ1) is 11.4. The highest BCUT2D eigenvalue weighted by Gasteiger charge is 2.18. The molecule has 0 saturated heterocycles. The van der Waals surface area contributed by atoms with E-state index in [1.54, 1.807) is 30.3 Å². The Balaban J connectivity index is 2.24. The molecule has 0 saturated carbocycles. The topological polar surface area (TPSA) is 81.4 Å². The van der Waals surface area contributed by atoms with Gasteiger partial charge in [-0.15, -0.1) is 0 Å². The van der Waals surface area contributed by atoms with Crippen LogP contribution in [0.2, 0.25) is 5.02 Å². The van der Waals surface area contributed by atoms with E-state index in [9.17, 15) is 9.59 Å². The summed E-state index contributed by atoms with van der Waals surface area (Å²) in [7, 11) is 1.29. The first-order valence-electron chi connectivity index (χ1n) is 7.41. The monoisotopic (exact) mass is 346 g/mol. The van der Waals surface area contributed by atoms with Crippen molar-refractivity contribution >= 4 is 29.2 Å². The van der Waals surface area contributed by atoms with Gasteiger partial charge in [-0.25, -0.2) is 0 Å². The summed E-state index contributed by atoms with van der Waals surface area (Å²) in [5.41, 5.74) is 8.34. The van der Waals surface area contributed by atoms with E-state index < -0.39 is 12.0 Å². The minimum absolute atomic E-state index is 0.255. The van der Waals surface area contributed by atoms with Gasteiger partial charge in [0.15, 0.2) is 0 Å². The van der Waals surface area contributed by atoms with E-state index in [4.69, 9.17) is 17.3 Å². The Kier molecular flexibility index (Phi) is 5.95. The number of amides is 1. The van der Waals surface area contributed by atoms with Gasteiger partial charge in [0.2, 0.25) is 0 Å². The molecule has 0 fully saturated rings. The Morgan fingerprint density at radius 1 is 1.21 bits per heavy atom. The van der Waals surface area contributed by atoms with Crippen LogP contribution in [-0.2, 0) is 16.0 Å². The molecule has 2 aromatic rings. The molecule has 0 heterocycles. The van der Waals surface area contributed by atoms with E-state index in [2.05, 4.69) is 10.1 Å². The second-order valence-corrected chi connectivity index (χ2v) is 5.78. The normalized spacial score (nSPS) is 11.7. The molecule has 0 aliphatic rings. The van der Waals surface area contributed by atoms with Gasteiger partial charge in [-0.2, -0.15) is 0 Å². The van der Waals surface area contributed by atoms with Gasteiger partial charge >= 0.3 is 5.97 Å².